The van der Waals surface area contributed by atoms with Gasteiger partial charge in [0, 0.05) is 12.6 Å². The Balaban J connectivity index is 1.85. The lowest BCUT2D eigenvalue weighted by Gasteiger charge is -2.18. The fourth-order valence-corrected chi connectivity index (χ4v) is 6.71. The predicted molar refractivity (Wildman–Crippen MR) is 190 cm³/mol. The first-order valence-corrected chi connectivity index (χ1v) is 20.2. The van der Waals surface area contributed by atoms with Gasteiger partial charge in [-0.1, -0.05) is 219 Å². The van der Waals surface area contributed by atoms with Crippen LogP contribution in [0.2, 0.25) is 0 Å². The maximum atomic E-state index is 5.47. The summed E-state index contributed by atoms with van der Waals surface area (Å²) in [5.74, 6) is 0. The summed E-state index contributed by atoms with van der Waals surface area (Å²) < 4.78 is 5.47. The number of ether oxygens (including phenoxy) is 1. The highest BCUT2D eigenvalue weighted by Gasteiger charge is 2.23. The number of epoxide rings is 1. The molecule has 1 aliphatic heterocycles. The van der Waals surface area contributed by atoms with E-state index in [1.54, 1.807) is 0 Å². The van der Waals surface area contributed by atoms with Crippen molar-refractivity contribution in [2.45, 2.75) is 244 Å². The monoisotopic (exact) mass is 592 g/mol. The van der Waals surface area contributed by atoms with Gasteiger partial charge in [0.1, 0.15) is 0 Å². The van der Waals surface area contributed by atoms with Gasteiger partial charge in [0.15, 0.2) is 0 Å². The third-order valence-electron chi connectivity index (χ3n) is 9.85. The van der Waals surface area contributed by atoms with Crippen LogP contribution >= 0.6 is 0 Å². The van der Waals surface area contributed by atoms with Crippen molar-refractivity contribution >= 4 is 0 Å². The van der Waals surface area contributed by atoms with Crippen LogP contribution in [0, 0.1) is 0 Å². The van der Waals surface area contributed by atoms with E-state index in [1.807, 2.05) is 0 Å². The summed E-state index contributed by atoms with van der Waals surface area (Å²) in [7, 11) is 0. The summed E-state index contributed by atoms with van der Waals surface area (Å²) in [4.78, 5) is 0. The Morgan fingerprint density at radius 3 is 0.881 bits per heavy atom. The van der Waals surface area contributed by atoms with Gasteiger partial charge in [0.2, 0.25) is 0 Å². The van der Waals surface area contributed by atoms with Gasteiger partial charge in [-0.3, -0.25) is 0 Å². The van der Waals surface area contributed by atoms with Crippen LogP contribution in [0.1, 0.15) is 232 Å². The zero-order valence-electron chi connectivity index (χ0n) is 29.5. The van der Waals surface area contributed by atoms with E-state index in [4.69, 9.17) is 4.74 Å². The third-order valence-corrected chi connectivity index (χ3v) is 9.85. The molecule has 0 radical (unpaired) electrons. The molecule has 0 aliphatic carbocycles. The van der Waals surface area contributed by atoms with Crippen LogP contribution in [-0.2, 0) is 4.74 Å². The second-order valence-electron chi connectivity index (χ2n) is 14.2. The summed E-state index contributed by atoms with van der Waals surface area (Å²) in [6, 6.07) is 0.729. The Bertz CT molecular complexity index is 454. The average Bonchev–Trinajstić information content (AvgIpc) is 3.83. The van der Waals surface area contributed by atoms with Gasteiger partial charge in [-0.15, -0.1) is 0 Å². The Kier molecular flexibility index (Phi) is 32.2. The molecular formula is C40H81NO. The number of nitrogens with one attached hydrogen (secondary N) is 1. The van der Waals surface area contributed by atoms with Gasteiger partial charge < -0.3 is 10.1 Å². The van der Waals surface area contributed by atoms with E-state index in [0.29, 0.717) is 6.10 Å². The molecular weight excluding hydrogens is 510 g/mol. The molecule has 2 heteroatoms. The second-order valence-corrected chi connectivity index (χ2v) is 14.2. The van der Waals surface area contributed by atoms with Crippen LogP contribution in [0.4, 0.5) is 0 Å². The first kappa shape index (κ1) is 39.9. The summed E-state index contributed by atoms with van der Waals surface area (Å²) in [6.45, 7) is 6.69. The van der Waals surface area contributed by atoms with Crippen molar-refractivity contribution < 1.29 is 4.74 Å². The number of hydrogen-bond donors (Lipinski definition) is 1. The average molecular weight is 592 g/mol. The summed E-state index contributed by atoms with van der Waals surface area (Å²) in [6.07, 6.45) is 49.9. The highest BCUT2D eigenvalue weighted by molar-refractivity contribution is 4.76. The zero-order chi connectivity index (χ0) is 30.0. The Hall–Kier alpha value is -0.0800. The van der Waals surface area contributed by atoms with Crippen LogP contribution < -0.4 is 5.32 Å². The number of rotatable bonds is 37. The fraction of sp³-hybridized carbons (Fsp3) is 1.00. The molecule has 1 aliphatic rings. The van der Waals surface area contributed by atoms with Crippen molar-refractivity contribution in [1.29, 1.82) is 0 Å². The molecule has 2 nitrogen and oxygen atoms in total. The van der Waals surface area contributed by atoms with Gasteiger partial charge in [-0.2, -0.15) is 0 Å². The molecule has 0 aromatic heterocycles. The van der Waals surface area contributed by atoms with Crippen molar-refractivity contribution in [3.8, 4) is 0 Å². The molecule has 0 aromatic rings. The van der Waals surface area contributed by atoms with Crippen LogP contribution in [0.3, 0.4) is 0 Å². The minimum Gasteiger partial charge on any atom is -0.372 e. The van der Waals surface area contributed by atoms with E-state index in [1.165, 1.54) is 218 Å². The zero-order valence-corrected chi connectivity index (χ0v) is 29.5. The molecule has 252 valence electrons. The van der Waals surface area contributed by atoms with Crippen LogP contribution in [-0.4, -0.2) is 25.3 Å². The van der Waals surface area contributed by atoms with Crippen molar-refractivity contribution in [2.75, 3.05) is 13.2 Å². The van der Waals surface area contributed by atoms with Crippen LogP contribution in [0.5, 0.6) is 0 Å². The predicted octanol–water partition coefficient (Wildman–Crippen LogP) is 13.6. The molecule has 1 heterocycles. The molecule has 1 saturated heterocycles. The van der Waals surface area contributed by atoms with E-state index < -0.39 is 0 Å². The SMILES string of the molecule is CCCCCCCCCCCCCCCCCCC(CCCCCCCCCCCCCCCCCC)NCC1CO1. The Morgan fingerprint density at radius 1 is 0.405 bits per heavy atom. The van der Waals surface area contributed by atoms with E-state index in [9.17, 15) is 0 Å². The minimum atomic E-state index is 0.518. The smallest absolute Gasteiger partial charge is 0.0934 e. The molecule has 0 saturated carbocycles. The molecule has 0 bridgehead atoms. The van der Waals surface area contributed by atoms with Crippen LogP contribution in [0.15, 0.2) is 0 Å². The molecule has 1 atom stereocenters. The highest BCUT2D eigenvalue weighted by Crippen LogP contribution is 2.18. The summed E-state index contributed by atoms with van der Waals surface area (Å²) in [5, 5.41) is 3.86. The van der Waals surface area contributed by atoms with E-state index in [2.05, 4.69) is 19.2 Å². The van der Waals surface area contributed by atoms with Gasteiger partial charge in [0.25, 0.3) is 0 Å². The summed E-state index contributed by atoms with van der Waals surface area (Å²) in [5.41, 5.74) is 0. The highest BCUT2D eigenvalue weighted by atomic mass is 16.6. The topological polar surface area (TPSA) is 24.6 Å². The molecule has 1 rings (SSSR count). The third kappa shape index (κ3) is 31.3. The van der Waals surface area contributed by atoms with Crippen molar-refractivity contribution in [2.24, 2.45) is 0 Å². The van der Waals surface area contributed by atoms with Gasteiger partial charge in [0.05, 0.1) is 12.7 Å². The molecule has 0 aromatic carbocycles. The molecule has 1 unspecified atom stereocenters. The lowest BCUT2D eigenvalue weighted by atomic mass is 9.99. The van der Waals surface area contributed by atoms with Crippen LogP contribution in [0.25, 0.3) is 0 Å². The van der Waals surface area contributed by atoms with E-state index in [0.717, 1.165) is 19.2 Å². The maximum absolute atomic E-state index is 5.47. The lowest BCUT2D eigenvalue weighted by Crippen LogP contribution is -2.32. The van der Waals surface area contributed by atoms with E-state index in [-0.39, 0.29) is 0 Å². The van der Waals surface area contributed by atoms with Gasteiger partial charge in [-0.25, -0.2) is 0 Å². The van der Waals surface area contributed by atoms with E-state index >= 15 is 0 Å². The first-order valence-electron chi connectivity index (χ1n) is 20.2. The number of unbranched alkanes of at least 4 members (excludes halogenated alkanes) is 30. The molecule has 0 amide bonds. The standard InChI is InChI=1S/C40H81NO/c1-3-5-7-9-11-13-15-17-19-21-23-25-27-29-31-33-35-39(41-37-40-38-42-40)36-34-32-30-28-26-24-22-20-18-16-14-12-10-8-6-4-2/h39-41H,3-38H2,1-2H3. The molecule has 42 heavy (non-hydrogen) atoms. The maximum Gasteiger partial charge on any atom is 0.0934 e. The largest absolute Gasteiger partial charge is 0.372 e. The molecule has 1 fully saturated rings. The summed E-state index contributed by atoms with van der Waals surface area (Å²) >= 11 is 0. The second kappa shape index (κ2) is 33.8. The molecule has 1 N–H and O–H groups in total. The Morgan fingerprint density at radius 2 is 0.643 bits per heavy atom. The first-order chi connectivity index (χ1) is 20.9. The normalized spacial score (nSPS) is 14.8. The van der Waals surface area contributed by atoms with Crippen molar-refractivity contribution in [3.05, 3.63) is 0 Å². The lowest BCUT2D eigenvalue weighted by molar-refractivity contribution is 0.359. The number of hydrogen-bond acceptors (Lipinski definition) is 2. The fourth-order valence-electron chi connectivity index (χ4n) is 6.71. The minimum absolute atomic E-state index is 0.518. The quantitative estimate of drug-likeness (QED) is 0.0574. The van der Waals surface area contributed by atoms with Gasteiger partial charge >= 0.3 is 0 Å². The van der Waals surface area contributed by atoms with Crippen molar-refractivity contribution in [3.63, 3.8) is 0 Å². The van der Waals surface area contributed by atoms with Crippen molar-refractivity contribution in [1.82, 2.24) is 5.32 Å². The Labute approximate surface area is 267 Å². The van der Waals surface area contributed by atoms with Gasteiger partial charge in [-0.05, 0) is 12.8 Å². The molecule has 0 spiro atoms.